The molecule has 0 aliphatic rings. The van der Waals surface area contributed by atoms with Crippen molar-refractivity contribution in [3.8, 4) is 5.75 Å². The molecule has 1 aromatic rings. The zero-order chi connectivity index (χ0) is 15.0. The van der Waals surface area contributed by atoms with Crippen LogP contribution in [0.15, 0.2) is 18.2 Å². The highest BCUT2D eigenvalue weighted by Crippen LogP contribution is 2.22. The molecule has 0 spiro atoms. The maximum Gasteiger partial charge on any atom is 0.251 e. The number of hydrogen-bond donors (Lipinski definition) is 2. The van der Waals surface area contributed by atoms with E-state index in [4.69, 9.17) is 10.5 Å². The Morgan fingerprint density at radius 3 is 2.80 bits per heavy atom. The monoisotopic (exact) mass is 296 g/mol. The van der Waals surface area contributed by atoms with Gasteiger partial charge in [0, 0.05) is 11.6 Å². The van der Waals surface area contributed by atoms with Gasteiger partial charge in [-0.3, -0.25) is 4.79 Å². The number of rotatable bonds is 8. The summed E-state index contributed by atoms with van der Waals surface area (Å²) in [5.41, 5.74) is 6.93. The van der Waals surface area contributed by atoms with Gasteiger partial charge < -0.3 is 15.8 Å². The van der Waals surface area contributed by atoms with Crippen molar-refractivity contribution in [1.82, 2.24) is 5.32 Å². The number of anilines is 1. The average molecular weight is 296 g/mol. The number of carbonyl (C=O) groups excluding carboxylic acids is 1. The largest absolute Gasteiger partial charge is 0.492 e. The van der Waals surface area contributed by atoms with Crippen LogP contribution in [0.5, 0.6) is 5.75 Å². The molecule has 1 rings (SSSR count). The fraction of sp³-hybridized carbons (Fsp3) is 0.533. The van der Waals surface area contributed by atoms with Gasteiger partial charge in [0.25, 0.3) is 5.91 Å². The lowest BCUT2D eigenvalue weighted by atomic mass is 10.1. The minimum Gasteiger partial charge on any atom is -0.492 e. The standard InChI is InChI=1S/C15H24N2O2S/c1-4-19-14-7-6-12(10-13(14)16)15(18)17-11(3)8-9-20-5-2/h6-7,10-11H,4-5,8-9,16H2,1-3H3,(H,17,18). The van der Waals surface area contributed by atoms with E-state index in [-0.39, 0.29) is 11.9 Å². The molecule has 0 radical (unpaired) electrons. The molecule has 0 fully saturated rings. The summed E-state index contributed by atoms with van der Waals surface area (Å²) in [6.45, 7) is 6.61. The Morgan fingerprint density at radius 1 is 1.45 bits per heavy atom. The van der Waals surface area contributed by atoms with Crippen LogP contribution in [-0.4, -0.2) is 30.1 Å². The minimum absolute atomic E-state index is 0.0891. The van der Waals surface area contributed by atoms with Crippen LogP contribution in [0, 0.1) is 0 Å². The van der Waals surface area contributed by atoms with Gasteiger partial charge in [-0.2, -0.15) is 11.8 Å². The molecule has 1 aromatic carbocycles. The van der Waals surface area contributed by atoms with Gasteiger partial charge in [0.15, 0.2) is 0 Å². The molecule has 3 N–H and O–H groups in total. The Balaban J connectivity index is 2.57. The molecule has 0 aliphatic heterocycles. The fourth-order valence-corrected chi connectivity index (χ4v) is 2.57. The smallest absolute Gasteiger partial charge is 0.251 e. The van der Waals surface area contributed by atoms with E-state index in [0.717, 1.165) is 17.9 Å². The number of carbonyl (C=O) groups is 1. The summed E-state index contributed by atoms with van der Waals surface area (Å²) in [6, 6.07) is 5.30. The van der Waals surface area contributed by atoms with Crippen LogP contribution in [0.4, 0.5) is 5.69 Å². The van der Waals surface area contributed by atoms with E-state index in [2.05, 4.69) is 12.2 Å². The zero-order valence-corrected chi connectivity index (χ0v) is 13.3. The summed E-state index contributed by atoms with van der Waals surface area (Å²) in [5, 5.41) is 2.99. The summed E-state index contributed by atoms with van der Waals surface area (Å²) in [4.78, 5) is 12.1. The van der Waals surface area contributed by atoms with E-state index in [1.165, 1.54) is 0 Å². The van der Waals surface area contributed by atoms with E-state index >= 15 is 0 Å². The molecule has 112 valence electrons. The molecule has 20 heavy (non-hydrogen) atoms. The SMILES string of the molecule is CCOc1ccc(C(=O)NC(C)CCSCC)cc1N. The summed E-state index contributed by atoms with van der Waals surface area (Å²) < 4.78 is 5.36. The van der Waals surface area contributed by atoms with Crippen LogP contribution in [0.3, 0.4) is 0 Å². The number of amides is 1. The molecule has 0 aliphatic carbocycles. The first-order chi connectivity index (χ1) is 9.58. The van der Waals surface area contributed by atoms with Crippen LogP contribution in [0.1, 0.15) is 37.6 Å². The first kappa shape index (κ1) is 16.7. The van der Waals surface area contributed by atoms with Gasteiger partial charge in [-0.25, -0.2) is 0 Å². The van der Waals surface area contributed by atoms with Crippen LogP contribution < -0.4 is 15.8 Å². The highest BCUT2D eigenvalue weighted by atomic mass is 32.2. The van der Waals surface area contributed by atoms with Crippen LogP contribution >= 0.6 is 11.8 Å². The lowest BCUT2D eigenvalue weighted by Gasteiger charge is -2.14. The molecule has 1 unspecified atom stereocenters. The number of nitrogens with two attached hydrogens (primary N) is 1. The summed E-state index contributed by atoms with van der Waals surface area (Å²) in [5.74, 6) is 2.70. The lowest BCUT2D eigenvalue weighted by molar-refractivity contribution is 0.0939. The van der Waals surface area contributed by atoms with Crippen molar-refractivity contribution in [2.24, 2.45) is 0 Å². The molecular weight excluding hydrogens is 272 g/mol. The number of thioether (sulfide) groups is 1. The number of ether oxygens (including phenoxy) is 1. The van der Waals surface area contributed by atoms with Crippen LogP contribution in [-0.2, 0) is 0 Å². The Hall–Kier alpha value is -1.36. The molecule has 0 bridgehead atoms. The Kier molecular flexibility index (Phi) is 7.30. The maximum absolute atomic E-state index is 12.1. The third kappa shape index (κ3) is 5.33. The van der Waals surface area contributed by atoms with E-state index in [1.807, 2.05) is 25.6 Å². The Morgan fingerprint density at radius 2 is 2.20 bits per heavy atom. The summed E-state index contributed by atoms with van der Waals surface area (Å²) >= 11 is 1.88. The zero-order valence-electron chi connectivity index (χ0n) is 12.4. The molecule has 5 heteroatoms. The van der Waals surface area contributed by atoms with Gasteiger partial charge in [0.2, 0.25) is 0 Å². The first-order valence-corrected chi connectivity index (χ1v) is 8.14. The van der Waals surface area contributed by atoms with E-state index in [9.17, 15) is 4.79 Å². The molecule has 4 nitrogen and oxygen atoms in total. The molecule has 1 amide bonds. The number of nitrogen functional groups attached to an aromatic ring is 1. The molecule has 0 heterocycles. The second-order valence-electron chi connectivity index (χ2n) is 4.55. The van der Waals surface area contributed by atoms with E-state index in [1.54, 1.807) is 18.2 Å². The van der Waals surface area contributed by atoms with E-state index < -0.39 is 0 Å². The van der Waals surface area contributed by atoms with Crippen molar-refractivity contribution < 1.29 is 9.53 Å². The average Bonchev–Trinajstić information content (AvgIpc) is 2.41. The second-order valence-corrected chi connectivity index (χ2v) is 5.94. The van der Waals surface area contributed by atoms with Crippen molar-refractivity contribution >= 4 is 23.4 Å². The van der Waals surface area contributed by atoms with E-state index in [0.29, 0.717) is 23.6 Å². The maximum atomic E-state index is 12.1. The van der Waals surface area contributed by atoms with Crippen molar-refractivity contribution in [2.45, 2.75) is 33.2 Å². The third-order valence-electron chi connectivity index (χ3n) is 2.85. The molecular formula is C15H24N2O2S. The topological polar surface area (TPSA) is 64.3 Å². The van der Waals surface area contributed by atoms with Crippen molar-refractivity contribution in [1.29, 1.82) is 0 Å². The second kappa shape index (κ2) is 8.74. The Labute approximate surface area is 125 Å². The number of hydrogen-bond acceptors (Lipinski definition) is 4. The molecule has 0 saturated carbocycles. The number of nitrogens with one attached hydrogen (secondary N) is 1. The molecule has 1 atom stereocenters. The lowest BCUT2D eigenvalue weighted by Crippen LogP contribution is -2.33. The summed E-state index contributed by atoms with van der Waals surface area (Å²) in [7, 11) is 0. The molecule has 0 aromatic heterocycles. The van der Waals surface area contributed by atoms with Gasteiger partial charge >= 0.3 is 0 Å². The minimum atomic E-state index is -0.0891. The van der Waals surface area contributed by atoms with Gasteiger partial charge in [0.1, 0.15) is 5.75 Å². The quantitative estimate of drug-likeness (QED) is 0.572. The highest BCUT2D eigenvalue weighted by Gasteiger charge is 2.11. The van der Waals surface area contributed by atoms with Crippen molar-refractivity contribution in [2.75, 3.05) is 23.8 Å². The Bertz CT molecular complexity index is 438. The van der Waals surface area contributed by atoms with Crippen LogP contribution in [0.25, 0.3) is 0 Å². The third-order valence-corrected chi connectivity index (χ3v) is 3.78. The first-order valence-electron chi connectivity index (χ1n) is 6.99. The summed E-state index contributed by atoms with van der Waals surface area (Å²) in [6.07, 6.45) is 0.969. The van der Waals surface area contributed by atoms with Crippen LogP contribution in [0.2, 0.25) is 0 Å². The number of benzene rings is 1. The highest BCUT2D eigenvalue weighted by molar-refractivity contribution is 7.99. The molecule has 0 saturated heterocycles. The van der Waals surface area contributed by atoms with Crippen molar-refractivity contribution in [3.05, 3.63) is 23.8 Å². The van der Waals surface area contributed by atoms with Gasteiger partial charge in [0.05, 0.1) is 12.3 Å². The normalized spacial score (nSPS) is 11.9. The van der Waals surface area contributed by atoms with Crippen molar-refractivity contribution in [3.63, 3.8) is 0 Å². The predicted octanol–water partition coefficient (Wildman–Crippen LogP) is 2.93. The fourth-order valence-electron chi connectivity index (χ4n) is 1.76. The van der Waals surface area contributed by atoms with Gasteiger partial charge in [-0.15, -0.1) is 0 Å². The van der Waals surface area contributed by atoms with Gasteiger partial charge in [-0.1, -0.05) is 6.92 Å². The predicted molar refractivity (Wildman–Crippen MR) is 86.6 cm³/mol. The van der Waals surface area contributed by atoms with Gasteiger partial charge in [-0.05, 0) is 50.0 Å².